The number of hydrogen-bond acceptors (Lipinski definition) is 7. The van der Waals surface area contributed by atoms with Crippen molar-refractivity contribution in [3.8, 4) is 0 Å². The fourth-order valence-corrected chi connectivity index (χ4v) is 8.67. The van der Waals surface area contributed by atoms with Gasteiger partial charge in [-0.3, -0.25) is 9.59 Å². The molecule has 3 aliphatic rings. The minimum Gasteiger partial charge on any atom is -0.465 e. The van der Waals surface area contributed by atoms with Crippen LogP contribution in [0.3, 0.4) is 0 Å². The molecule has 3 aliphatic carbocycles. The minimum atomic E-state index is -4.51. The molecule has 5 N–H and O–H groups in total. The lowest BCUT2D eigenvalue weighted by Gasteiger charge is -2.41. The van der Waals surface area contributed by atoms with E-state index in [2.05, 4.69) is 31.1 Å². The Bertz CT molecular complexity index is 1170. The second-order valence-electron chi connectivity index (χ2n) is 12.9. The van der Waals surface area contributed by atoms with Gasteiger partial charge in [0.15, 0.2) is 0 Å². The van der Waals surface area contributed by atoms with Crippen molar-refractivity contribution in [1.29, 1.82) is 0 Å². The van der Waals surface area contributed by atoms with E-state index in [-0.39, 0.29) is 41.7 Å². The fourth-order valence-electron chi connectivity index (χ4n) is 7.62. The number of aromatic nitrogens is 1. The van der Waals surface area contributed by atoms with Crippen LogP contribution in [0.2, 0.25) is 0 Å². The third-order valence-electron chi connectivity index (χ3n) is 10.4. The maximum absolute atomic E-state index is 14.2. The van der Waals surface area contributed by atoms with Crippen LogP contribution in [0.4, 0.5) is 5.82 Å². The Balaban J connectivity index is 1.70. The van der Waals surface area contributed by atoms with Crippen LogP contribution in [0.5, 0.6) is 0 Å². The summed E-state index contributed by atoms with van der Waals surface area (Å²) in [5.41, 5.74) is 6.30. The van der Waals surface area contributed by atoms with Crippen molar-refractivity contribution in [3.05, 3.63) is 23.9 Å². The van der Waals surface area contributed by atoms with Crippen molar-refractivity contribution in [2.24, 2.45) is 27.8 Å². The van der Waals surface area contributed by atoms with E-state index in [0.29, 0.717) is 23.7 Å². The number of carbonyl (C=O) groups excluding carboxylic acids is 2. The molecule has 10 nitrogen and oxygen atoms in total. The molecule has 0 aliphatic heterocycles. The summed E-state index contributed by atoms with van der Waals surface area (Å²) >= 11 is 0. The molecule has 40 heavy (non-hydrogen) atoms. The van der Waals surface area contributed by atoms with Crippen molar-refractivity contribution in [2.45, 2.75) is 110 Å². The summed E-state index contributed by atoms with van der Waals surface area (Å²) in [6.45, 7) is 8.48. The number of rotatable bonds is 11. The summed E-state index contributed by atoms with van der Waals surface area (Å²) < 4.78 is 32.9. The Morgan fingerprint density at radius 3 is 2.38 bits per heavy atom. The molecule has 1 aromatic heterocycles. The highest BCUT2D eigenvalue weighted by Crippen LogP contribution is 2.65. The average molecular weight is 578 g/mol. The van der Waals surface area contributed by atoms with Crippen molar-refractivity contribution < 1.29 is 22.7 Å². The Hall–Kier alpha value is -2.24. The van der Waals surface area contributed by atoms with Gasteiger partial charge in [0.2, 0.25) is 5.91 Å². The van der Waals surface area contributed by atoms with E-state index >= 15 is 0 Å². The number of anilines is 1. The smallest absolute Gasteiger partial charge is 0.324 e. The summed E-state index contributed by atoms with van der Waals surface area (Å²) in [5, 5.41) is 9.11. The normalized spacial score (nSPS) is 27.9. The topological polar surface area (TPSA) is 158 Å². The van der Waals surface area contributed by atoms with Gasteiger partial charge in [0.05, 0.1) is 6.61 Å². The van der Waals surface area contributed by atoms with Gasteiger partial charge in [-0.25, -0.2) is 10.1 Å². The van der Waals surface area contributed by atoms with Crippen LogP contribution < -0.4 is 16.2 Å². The van der Waals surface area contributed by atoms with Crippen LogP contribution in [0.1, 0.15) is 91.0 Å². The highest BCUT2D eigenvalue weighted by atomic mass is 32.2. The summed E-state index contributed by atoms with van der Waals surface area (Å²) in [4.78, 5) is 31.7. The van der Waals surface area contributed by atoms with Gasteiger partial charge < -0.3 is 15.8 Å². The number of nitrogens with two attached hydrogens (primary N) is 2. The molecule has 1 amide bonds. The molecule has 0 saturated heterocycles. The van der Waals surface area contributed by atoms with Crippen molar-refractivity contribution in [1.82, 2.24) is 14.6 Å². The SMILES string of the molecule is CCOC(=O)C(Cc1ccc(N)nc1)N([C@@H](CC1CCCCC1)C(=O)N[C@H]1C[C@H]2CC[C@]1(C)C2(C)C)S(N)(=O)=O. The molecule has 2 bridgehead atoms. The number of hydrogen-bond donors (Lipinski definition) is 3. The van der Waals surface area contributed by atoms with Crippen molar-refractivity contribution in [3.63, 3.8) is 0 Å². The molecule has 4 rings (SSSR count). The predicted octanol–water partition coefficient (Wildman–Crippen LogP) is 3.31. The number of pyridine rings is 1. The Labute approximate surface area is 239 Å². The standard InChI is InChI=1S/C29H47N5O5S/c1-5-39-27(36)23(16-20-11-12-25(30)32-18-20)34(40(31,37)38)22(15-19-9-7-6-8-10-19)26(35)33-24-17-21-13-14-29(24,4)28(21,2)3/h11-12,18-19,21-24H,5-10,13-17H2,1-4H3,(H2,30,32)(H,33,35)(H2,31,37,38)/t21-,22+,23?,24+,29+/m1/s1. The number of nitrogens with one attached hydrogen (secondary N) is 1. The average Bonchev–Trinajstić information content (AvgIpc) is 3.22. The number of ether oxygens (including phenoxy) is 1. The fraction of sp³-hybridized carbons (Fsp3) is 0.759. The highest BCUT2D eigenvalue weighted by molar-refractivity contribution is 7.86. The maximum Gasteiger partial charge on any atom is 0.324 e. The van der Waals surface area contributed by atoms with Crippen LogP contribution in [0.15, 0.2) is 18.3 Å². The molecule has 3 fully saturated rings. The zero-order valence-electron chi connectivity index (χ0n) is 24.4. The van der Waals surface area contributed by atoms with E-state index < -0.39 is 28.3 Å². The molecule has 1 unspecified atom stereocenters. The quantitative estimate of drug-likeness (QED) is 0.340. The van der Waals surface area contributed by atoms with E-state index in [1.807, 2.05) is 0 Å². The third kappa shape index (κ3) is 6.16. The van der Waals surface area contributed by atoms with Gasteiger partial charge in [0.1, 0.15) is 17.9 Å². The van der Waals surface area contributed by atoms with Crippen LogP contribution >= 0.6 is 0 Å². The molecule has 0 aromatic carbocycles. The Kier molecular flexibility index (Phi) is 9.16. The van der Waals surface area contributed by atoms with Crippen LogP contribution in [0.25, 0.3) is 0 Å². The molecule has 1 aromatic rings. The number of fused-ring (bicyclic) bond motifs is 2. The predicted molar refractivity (Wildman–Crippen MR) is 154 cm³/mol. The molecule has 3 saturated carbocycles. The van der Waals surface area contributed by atoms with Gasteiger partial charge in [-0.1, -0.05) is 58.9 Å². The highest BCUT2D eigenvalue weighted by Gasteiger charge is 2.62. The third-order valence-corrected chi connectivity index (χ3v) is 11.5. The van der Waals surface area contributed by atoms with Gasteiger partial charge in [-0.2, -0.15) is 12.7 Å². The van der Waals surface area contributed by atoms with Gasteiger partial charge in [-0.15, -0.1) is 0 Å². The number of esters is 1. The van der Waals surface area contributed by atoms with Crippen molar-refractivity contribution >= 4 is 27.9 Å². The molecule has 11 heteroatoms. The number of amides is 1. The maximum atomic E-state index is 14.2. The zero-order chi connectivity index (χ0) is 29.3. The van der Waals surface area contributed by atoms with E-state index in [4.69, 9.17) is 15.6 Å². The summed E-state index contributed by atoms with van der Waals surface area (Å²) in [5.74, 6) is -0.181. The Morgan fingerprint density at radius 2 is 1.85 bits per heavy atom. The molecular formula is C29H47N5O5S. The zero-order valence-corrected chi connectivity index (χ0v) is 25.2. The van der Waals surface area contributed by atoms with Crippen LogP contribution in [0, 0.1) is 22.7 Å². The van der Waals surface area contributed by atoms with Gasteiger partial charge in [0.25, 0.3) is 10.2 Å². The number of nitrogen functional groups attached to an aromatic ring is 1. The van der Waals surface area contributed by atoms with Gasteiger partial charge in [0, 0.05) is 18.7 Å². The lowest BCUT2D eigenvalue weighted by Crippen LogP contribution is -2.61. The van der Waals surface area contributed by atoms with Gasteiger partial charge in [-0.05, 0) is 66.9 Å². The number of nitrogens with zero attached hydrogens (tertiary/aromatic N) is 2. The molecule has 224 valence electrons. The summed E-state index contributed by atoms with van der Waals surface area (Å²) in [6, 6.07) is 0.728. The monoisotopic (exact) mass is 577 g/mol. The summed E-state index contributed by atoms with van der Waals surface area (Å²) in [6.07, 6.45) is 9.75. The van der Waals surface area contributed by atoms with E-state index in [1.54, 1.807) is 19.1 Å². The summed E-state index contributed by atoms with van der Waals surface area (Å²) in [7, 11) is -4.51. The molecule has 5 atom stereocenters. The largest absolute Gasteiger partial charge is 0.465 e. The lowest BCUT2D eigenvalue weighted by molar-refractivity contribution is -0.149. The van der Waals surface area contributed by atoms with Gasteiger partial charge >= 0.3 is 5.97 Å². The second kappa shape index (κ2) is 11.9. The molecule has 0 radical (unpaired) electrons. The minimum absolute atomic E-state index is 0.0484. The first-order valence-corrected chi connectivity index (χ1v) is 16.3. The molecule has 1 heterocycles. The Morgan fingerprint density at radius 1 is 1.15 bits per heavy atom. The van der Waals surface area contributed by atoms with Crippen LogP contribution in [-0.4, -0.2) is 54.3 Å². The first-order valence-electron chi connectivity index (χ1n) is 14.8. The first kappa shape index (κ1) is 30.7. The second-order valence-corrected chi connectivity index (χ2v) is 14.3. The number of carbonyl (C=O) groups is 2. The lowest BCUT2D eigenvalue weighted by atomic mass is 9.69. The van der Waals surface area contributed by atoms with E-state index in [1.165, 1.54) is 6.20 Å². The molecular weight excluding hydrogens is 530 g/mol. The van der Waals surface area contributed by atoms with E-state index in [9.17, 15) is 18.0 Å². The van der Waals surface area contributed by atoms with Crippen molar-refractivity contribution in [2.75, 3.05) is 12.3 Å². The first-order chi connectivity index (χ1) is 18.8. The van der Waals surface area contributed by atoms with E-state index in [0.717, 1.165) is 55.7 Å². The van der Waals surface area contributed by atoms with Crippen LogP contribution in [-0.2, 0) is 31.0 Å². The molecule has 0 spiro atoms.